The molecule has 1 aromatic carbocycles. The lowest BCUT2D eigenvalue weighted by molar-refractivity contribution is -0.717. The Morgan fingerprint density at radius 2 is 1.79 bits per heavy atom. The summed E-state index contributed by atoms with van der Waals surface area (Å²) < 4.78 is -0.675. The lowest BCUT2D eigenvalue weighted by Gasteiger charge is -2.25. The van der Waals surface area contributed by atoms with E-state index in [2.05, 4.69) is 21.2 Å². The Bertz CT molecular complexity index is 432. The van der Waals surface area contributed by atoms with Crippen LogP contribution in [0.15, 0.2) is 28.7 Å². The summed E-state index contributed by atoms with van der Waals surface area (Å²) in [5.41, 5.74) is 0.514. The zero-order chi connectivity index (χ0) is 14.6. The number of rotatable bonds is 4. The third-order valence-electron chi connectivity index (χ3n) is 2.32. The average molecular weight is 390 g/mol. The van der Waals surface area contributed by atoms with Gasteiger partial charge in [0.25, 0.3) is 9.70 Å². The van der Waals surface area contributed by atoms with Gasteiger partial charge in [0.05, 0.1) is 6.04 Å². The molecule has 1 atom stereocenters. The highest BCUT2D eigenvalue weighted by atomic mass is 79.9. The third-order valence-corrected chi connectivity index (χ3v) is 3.56. The van der Waals surface area contributed by atoms with Gasteiger partial charge >= 0.3 is 0 Å². The van der Waals surface area contributed by atoms with Crippen LogP contribution >= 0.6 is 50.7 Å². The molecule has 0 aliphatic rings. The van der Waals surface area contributed by atoms with Crippen molar-refractivity contribution in [1.82, 2.24) is 5.32 Å². The fraction of sp³-hybridized carbons (Fsp3) is 0.417. The van der Waals surface area contributed by atoms with E-state index in [1.54, 1.807) is 29.6 Å². The molecule has 0 fully saturated rings. The highest BCUT2D eigenvalue weighted by Gasteiger charge is 2.38. The number of nitrogens with two attached hydrogens (primary N) is 1. The van der Waals surface area contributed by atoms with Crippen LogP contribution in [0.2, 0.25) is 0 Å². The molecule has 0 radical (unpaired) electrons. The van der Waals surface area contributed by atoms with Crippen LogP contribution in [0.4, 0.5) is 0 Å². The van der Waals surface area contributed by atoms with E-state index in [-0.39, 0.29) is 11.9 Å². The SMILES string of the molecule is CC(C)[NH2+]C(NC(=O)c1ccc(Br)cc1)C(Cl)(Cl)Cl. The lowest BCUT2D eigenvalue weighted by Crippen LogP contribution is -2.99. The summed E-state index contributed by atoms with van der Waals surface area (Å²) >= 11 is 20.9. The van der Waals surface area contributed by atoms with Crippen molar-refractivity contribution in [3.63, 3.8) is 0 Å². The van der Waals surface area contributed by atoms with Gasteiger partial charge < -0.3 is 5.32 Å². The van der Waals surface area contributed by atoms with Crippen molar-refractivity contribution in [1.29, 1.82) is 0 Å². The standard InChI is InChI=1S/C12H14BrCl3N2O/c1-7(2)17-11(12(14,15)16)18-10(19)8-3-5-9(13)6-4-8/h3-7,11,17H,1-2H3,(H,18,19)/p+1. The predicted octanol–water partition coefficient (Wildman–Crippen LogP) is 2.85. The van der Waals surface area contributed by atoms with Crippen molar-refractivity contribution in [3.8, 4) is 0 Å². The molecule has 0 saturated heterocycles. The van der Waals surface area contributed by atoms with Crippen LogP contribution in [0.1, 0.15) is 24.2 Å². The van der Waals surface area contributed by atoms with Crippen LogP contribution in [-0.2, 0) is 0 Å². The van der Waals surface area contributed by atoms with Gasteiger partial charge in [-0.05, 0) is 38.1 Å². The second-order valence-corrected chi connectivity index (χ2v) is 7.72. The zero-order valence-electron chi connectivity index (χ0n) is 10.5. The van der Waals surface area contributed by atoms with E-state index in [4.69, 9.17) is 34.8 Å². The summed E-state index contributed by atoms with van der Waals surface area (Å²) in [4.78, 5) is 12.1. The first-order valence-corrected chi connectivity index (χ1v) is 7.61. The topological polar surface area (TPSA) is 45.7 Å². The van der Waals surface area contributed by atoms with Crippen LogP contribution in [0.5, 0.6) is 0 Å². The van der Waals surface area contributed by atoms with Gasteiger partial charge in [0.15, 0.2) is 0 Å². The fourth-order valence-electron chi connectivity index (χ4n) is 1.45. The van der Waals surface area contributed by atoms with Crippen LogP contribution in [-0.4, -0.2) is 21.9 Å². The Kier molecular flexibility index (Phi) is 6.40. The van der Waals surface area contributed by atoms with Crippen molar-refractivity contribution in [2.24, 2.45) is 0 Å². The maximum atomic E-state index is 12.1. The number of hydrogen-bond acceptors (Lipinski definition) is 1. The largest absolute Gasteiger partial charge is 0.321 e. The Morgan fingerprint density at radius 1 is 1.26 bits per heavy atom. The van der Waals surface area contributed by atoms with Gasteiger partial charge in [-0.3, -0.25) is 10.1 Å². The van der Waals surface area contributed by atoms with Gasteiger partial charge in [-0.25, -0.2) is 0 Å². The predicted molar refractivity (Wildman–Crippen MR) is 82.7 cm³/mol. The molecule has 0 bridgehead atoms. The number of benzene rings is 1. The minimum Gasteiger partial charge on any atom is -0.321 e. The van der Waals surface area contributed by atoms with Gasteiger partial charge in [-0.2, -0.15) is 0 Å². The zero-order valence-corrected chi connectivity index (χ0v) is 14.3. The Labute approximate surface area is 136 Å². The van der Waals surface area contributed by atoms with E-state index in [0.717, 1.165) is 4.47 Å². The molecule has 3 nitrogen and oxygen atoms in total. The number of carbonyl (C=O) groups is 1. The first-order chi connectivity index (χ1) is 8.70. The molecule has 1 aromatic rings. The number of amides is 1. The van der Waals surface area contributed by atoms with Gasteiger partial charge in [0.2, 0.25) is 6.17 Å². The second kappa shape index (κ2) is 7.14. The lowest BCUT2D eigenvalue weighted by atomic mass is 10.2. The minimum atomic E-state index is -1.57. The summed E-state index contributed by atoms with van der Waals surface area (Å²) in [6.07, 6.45) is -0.645. The van der Waals surface area contributed by atoms with E-state index in [1.165, 1.54) is 0 Å². The highest BCUT2D eigenvalue weighted by molar-refractivity contribution is 9.10. The summed E-state index contributed by atoms with van der Waals surface area (Å²) in [5.74, 6) is -0.277. The number of quaternary nitrogens is 1. The monoisotopic (exact) mass is 387 g/mol. The Morgan fingerprint density at radius 3 is 2.21 bits per heavy atom. The van der Waals surface area contributed by atoms with E-state index in [9.17, 15) is 4.79 Å². The Hall–Kier alpha value is -0.000000000000000111. The average Bonchev–Trinajstić information content (AvgIpc) is 2.27. The smallest absolute Gasteiger partial charge is 0.262 e. The van der Waals surface area contributed by atoms with Gasteiger partial charge in [0.1, 0.15) is 0 Å². The van der Waals surface area contributed by atoms with Gasteiger partial charge in [0, 0.05) is 10.0 Å². The Balaban J connectivity index is 2.79. The molecule has 0 aliphatic heterocycles. The fourth-order valence-corrected chi connectivity index (χ4v) is 2.10. The van der Waals surface area contributed by atoms with Crippen LogP contribution < -0.4 is 10.6 Å². The van der Waals surface area contributed by atoms with E-state index < -0.39 is 9.96 Å². The molecule has 1 unspecified atom stereocenters. The molecule has 0 aliphatic carbocycles. The third kappa shape index (κ3) is 5.88. The molecule has 19 heavy (non-hydrogen) atoms. The number of hydrogen-bond donors (Lipinski definition) is 2. The van der Waals surface area contributed by atoms with Crippen molar-refractivity contribution in [2.75, 3.05) is 0 Å². The quantitative estimate of drug-likeness (QED) is 0.604. The van der Waals surface area contributed by atoms with E-state index in [1.807, 2.05) is 13.8 Å². The molecule has 1 rings (SSSR count). The molecule has 106 valence electrons. The van der Waals surface area contributed by atoms with Gasteiger partial charge in [-0.15, -0.1) is 0 Å². The molecule has 3 N–H and O–H groups in total. The summed E-state index contributed by atoms with van der Waals surface area (Å²) in [5, 5.41) is 4.51. The first kappa shape index (κ1) is 17.1. The number of carbonyl (C=O) groups excluding carboxylic acids is 1. The van der Waals surface area contributed by atoms with Crippen molar-refractivity contribution >= 4 is 56.6 Å². The van der Waals surface area contributed by atoms with Crippen molar-refractivity contribution in [3.05, 3.63) is 34.3 Å². The summed E-state index contributed by atoms with van der Waals surface area (Å²) in [6, 6.07) is 7.15. The molecule has 7 heteroatoms. The van der Waals surface area contributed by atoms with E-state index >= 15 is 0 Å². The summed E-state index contributed by atoms with van der Waals surface area (Å²) in [7, 11) is 0. The highest BCUT2D eigenvalue weighted by Crippen LogP contribution is 2.27. The van der Waals surface area contributed by atoms with Crippen LogP contribution in [0.25, 0.3) is 0 Å². The molecular formula is C12H15BrCl3N2O+. The van der Waals surface area contributed by atoms with Crippen molar-refractivity contribution in [2.45, 2.75) is 29.8 Å². The van der Waals surface area contributed by atoms with Crippen molar-refractivity contribution < 1.29 is 10.1 Å². The first-order valence-electron chi connectivity index (χ1n) is 5.68. The molecule has 0 heterocycles. The van der Waals surface area contributed by atoms with E-state index in [0.29, 0.717) is 5.56 Å². The maximum absolute atomic E-state index is 12.1. The number of nitrogens with one attached hydrogen (secondary N) is 1. The molecule has 1 amide bonds. The molecule has 0 spiro atoms. The molecular weight excluding hydrogens is 374 g/mol. The maximum Gasteiger partial charge on any atom is 0.262 e. The van der Waals surface area contributed by atoms with Gasteiger partial charge in [-0.1, -0.05) is 50.7 Å². The normalized spacial score (nSPS) is 13.4. The van der Waals surface area contributed by atoms with Crippen LogP contribution in [0, 0.1) is 0 Å². The number of alkyl halides is 3. The molecule has 0 aromatic heterocycles. The molecule has 0 saturated carbocycles. The minimum absolute atomic E-state index is 0.186. The summed E-state index contributed by atoms with van der Waals surface area (Å²) in [6.45, 7) is 3.91. The van der Waals surface area contributed by atoms with Crippen LogP contribution in [0.3, 0.4) is 0 Å². The second-order valence-electron chi connectivity index (χ2n) is 4.44. The number of halogens is 4.